The quantitative estimate of drug-likeness (QED) is 0.882. The van der Waals surface area contributed by atoms with Crippen LogP contribution >= 0.6 is 0 Å². The summed E-state index contributed by atoms with van der Waals surface area (Å²) >= 11 is 0. The van der Waals surface area contributed by atoms with Crippen LogP contribution in [0.25, 0.3) is 0 Å². The molecule has 0 bridgehead atoms. The molecule has 1 amide bonds. The summed E-state index contributed by atoms with van der Waals surface area (Å²) in [5, 5.41) is 11.9. The Morgan fingerprint density at radius 1 is 1.37 bits per heavy atom. The fourth-order valence-corrected chi connectivity index (χ4v) is 2.53. The molecule has 2 rings (SSSR count). The number of aromatic hydroxyl groups is 1. The van der Waals surface area contributed by atoms with Crippen LogP contribution in [0.3, 0.4) is 0 Å². The molecule has 1 aromatic rings. The highest BCUT2D eigenvalue weighted by atomic mass is 19.1. The molecule has 1 aliphatic carbocycles. The van der Waals surface area contributed by atoms with Gasteiger partial charge in [0.1, 0.15) is 11.6 Å². The largest absolute Gasteiger partial charge is 0.508 e. The Morgan fingerprint density at radius 2 is 2.05 bits per heavy atom. The first-order valence-electron chi connectivity index (χ1n) is 6.81. The van der Waals surface area contributed by atoms with E-state index in [0.717, 1.165) is 31.7 Å². The van der Waals surface area contributed by atoms with Crippen LogP contribution in [0.15, 0.2) is 18.2 Å². The SMILES string of the molecule is CC1CCC(C(=O)NCc2ccc(O)cc2F)CC1. The number of carbonyl (C=O) groups is 1. The monoisotopic (exact) mass is 265 g/mol. The molecule has 0 saturated heterocycles. The number of phenolic OH excluding ortho intramolecular Hbond substituents is 1. The molecule has 0 atom stereocenters. The first-order valence-corrected chi connectivity index (χ1v) is 6.81. The molecule has 4 heteroatoms. The molecule has 3 nitrogen and oxygen atoms in total. The summed E-state index contributed by atoms with van der Waals surface area (Å²) in [7, 11) is 0. The van der Waals surface area contributed by atoms with E-state index in [-0.39, 0.29) is 24.1 Å². The summed E-state index contributed by atoms with van der Waals surface area (Å²) in [5.41, 5.74) is 0.398. The fraction of sp³-hybridized carbons (Fsp3) is 0.533. The van der Waals surface area contributed by atoms with Crippen molar-refractivity contribution < 1.29 is 14.3 Å². The second kappa shape index (κ2) is 6.04. The summed E-state index contributed by atoms with van der Waals surface area (Å²) in [6.45, 7) is 2.39. The van der Waals surface area contributed by atoms with Crippen molar-refractivity contribution in [2.75, 3.05) is 0 Å². The number of benzene rings is 1. The maximum Gasteiger partial charge on any atom is 0.223 e. The smallest absolute Gasteiger partial charge is 0.223 e. The number of phenols is 1. The third kappa shape index (κ3) is 3.69. The summed E-state index contributed by atoms with van der Waals surface area (Å²) in [5.74, 6) is 0.195. The lowest BCUT2D eigenvalue weighted by Gasteiger charge is -2.25. The number of nitrogens with one attached hydrogen (secondary N) is 1. The molecular formula is C15H20FNO2. The van der Waals surface area contributed by atoms with Crippen molar-refractivity contribution in [1.29, 1.82) is 0 Å². The van der Waals surface area contributed by atoms with Gasteiger partial charge in [0.05, 0.1) is 0 Å². The average Bonchev–Trinajstić information content (AvgIpc) is 2.38. The molecule has 1 aliphatic rings. The minimum absolute atomic E-state index is 0.0133. The van der Waals surface area contributed by atoms with Crippen LogP contribution < -0.4 is 5.32 Å². The standard InChI is InChI=1S/C15H20FNO2/c1-10-2-4-11(5-3-10)15(19)17-9-12-6-7-13(18)8-14(12)16/h6-8,10-11,18H,2-5,9H2,1H3,(H,17,19). The van der Waals surface area contributed by atoms with E-state index in [2.05, 4.69) is 12.2 Å². The predicted molar refractivity (Wildman–Crippen MR) is 71.0 cm³/mol. The van der Waals surface area contributed by atoms with E-state index in [4.69, 9.17) is 5.11 Å². The van der Waals surface area contributed by atoms with Crippen molar-refractivity contribution in [2.24, 2.45) is 11.8 Å². The van der Waals surface area contributed by atoms with Crippen LogP contribution in [0.2, 0.25) is 0 Å². The molecule has 0 radical (unpaired) electrons. The van der Waals surface area contributed by atoms with Crippen LogP contribution in [0, 0.1) is 17.7 Å². The van der Waals surface area contributed by atoms with Gasteiger partial charge in [-0.1, -0.05) is 13.0 Å². The van der Waals surface area contributed by atoms with Gasteiger partial charge in [-0.3, -0.25) is 4.79 Å². The zero-order chi connectivity index (χ0) is 13.8. The minimum atomic E-state index is -0.488. The lowest BCUT2D eigenvalue weighted by Crippen LogP contribution is -2.32. The van der Waals surface area contributed by atoms with Gasteiger partial charge in [0.2, 0.25) is 5.91 Å². The highest BCUT2D eigenvalue weighted by Gasteiger charge is 2.24. The minimum Gasteiger partial charge on any atom is -0.508 e. The lowest BCUT2D eigenvalue weighted by molar-refractivity contribution is -0.126. The van der Waals surface area contributed by atoms with Gasteiger partial charge >= 0.3 is 0 Å². The first kappa shape index (κ1) is 13.8. The zero-order valence-electron chi connectivity index (χ0n) is 11.2. The maximum absolute atomic E-state index is 13.5. The highest BCUT2D eigenvalue weighted by molar-refractivity contribution is 5.78. The summed E-state index contributed by atoms with van der Waals surface area (Å²) in [4.78, 5) is 12.0. The Morgan fingerprint density at radius 3 is 2.68 bits per heavy atom. The van der Waals surface area contributed by atoms with Crippen LogP contribution in [-0.4, -0.2) is 11.0 Å². The molecule has 2 N–H and O–H groups in total. The number of hydrogen-bond donors (Lipinski definition) is 2. The van der Waals surface area contributed by atoms with Crippen LogP contribution in [0.4, 0.5) is 4.39 Å². The number of hydrogen-bond acceptors (Lipinski definition) is 2. The van der Waals surface area contributed by atoms with Crippen molar-refractivity contribution in [2.45, 2.75) is 39.2 Å². The number of amides is 1. The second-order valence-corrected chi connectivity index (χ2v) is 5.45. The lowest BCUT2D eigenvalue weighted by atomic mass is 9.82. The van der Waals surface area contributed by atoms with E-state index in [0.29, 0.717) is 11.5 Å². The Hall–Kier alpha value is -1.58. The van der Waals surface area contributed by atoms with E-state index in [1.165, 1.54) is 12.1 Å². The van der Waals surface area contributed by atoms with Crippen LogP contribution in [0.5, 0.6) is 5.75 Å². The highest BCUT2D eigenvalue weighted by Crippen LogP contribution is 2.28. The van der Waals surface area contributed by atoms with Gasteiger partial charge in [-0.05, 0) is 37.7 Å². The molecule has 0 spiro atoms. The number of rotatable bonds is 3. The number of carbonyl (C=O) groups excluding carboxylic acids is 1. The Bertz CT molecular complexity index is 453. The van der Waals surface area contributed by atoms with Gasteiger partial charge in [-0.2, -0.15) is 0 Å². The molecule has 1 aromatic carbocycles. The Labute approximate surface area is 112 Å². The Kier molecular flexibility index (Phi) is 4.40. The van der Waals surface area contributed by atoms with Gasteiger partial charge in [-0.25, -0.2) is 4.39 Å². The molecule has 1 saturated carbocycles. The van der Waals surface area contributed by atoms with Crippen molar-refractivity contribution in [3.63, 3.8) is 0 Å². The van der Waals surface area contributed by atoms with Gasteiger partial charge in [0.25, 0.3) is 0 Å². The summed E-state index contributed by atoms with van der Waals surface area (Å²) < 4.78 is 13.5. The molecule has 0 aliphatic heterocycles. The van der Waals surface area contributed by atoms with Crippen molar-refractivity contribution in [3.8, 4) is 5.75 Å². The molecule has 19 heavy (non-hydrogen) atoms. The average molecular weight is 265 g/mol. The first-order chi connectivity index (χ1) is 9.06. The van der Waals surface area contributed by atoms with Gasteiger partial charge in [-0.15, -0.1) is 0 Å². The normalized spacial score (nSPS) is 23.1. The molecular weight excluding hydrogens is 245 g/mol. The maximum atomic E-state index is 13.5. The van der Waals surface area contributed by atoms with E-state index in [1.807, 2.05) is 0 Å². The predicted octanol–water partition coefficient (Wildman–Crippen LogP) is 2.97. The molecule has 0 unspecified atom stereocenters. The molecule has 0 heterocycles. The third-order valence-corrected chi connectivity index (χ3v) is 3.88. The van der Waals surface area contributed by atoms with E-state index in [1.54, 1.807) is 0 Å². The third-order valence-electron chi connectivity index (χ3n) is 3.88. The van der Waals surface area contributed by atoms with Crippen LogP contribution in [0.1, 0.15) is 38.2 Å². The summed E-state index contributed by atoms with van der Waals surface area (Å²) in [6.07, 6.45) is 4.02. The van der Waals surface area contributed by atoms with Gasteiger partial charge in [0, 0.05) is 24.1 Å². The van der Waals surface area contributed by atoms with E-state index < -0.39 is 5.82 Å². The van der Waals surface area contributed by atoms with Crippen molar-refractivity contribution >= 4 is 5.91 Å². The van der Waals surface area contributed by atoms with E-state index in [9.17, 15) is 9.18 Å². The topological polar surface area (TPSA) is 49.3 Å². The summed E-state index contributed by atoms with van der Waals surface area (Å²) in [6, 6.07) is 3.98. The fourth-order valence-electron chi connectivity index (χ4n) is 2.53. The van der Waals surface area contributed by atoms with E-state index >= 15 is 0 Å². The second-order valence-electron chi connectivity index (χ2n) is 5.45. The molecule has 1 fully saturated rings. The van der Waals surface area contributed by atoms with Gasteiger partial charge < -0.3 is 10.4 Å². The van der Waals surface area contributed by atoms with Crippen molar-refractivity contribution in [1.82, 2.24) is 5.32 Å². The van der Waals surface area contributed by atoms with Crippen LogP contribution in [-0.2, 0) is 11.3 Å². The zero-order valence-corrected chi connectivity index (χ0v) is 11.2. The van der Waals surface area contributed by atoms with Crippen molar-refractivity contribution in [3.05, 3.63) is 29.6 Å². The number of halogens is 1. The Balaban J connectivity index is 1.86. The van der Waals surface area contributed by atoms with Gasteiger partial charge in [0.15, 0.2) is 0 Å². The molecule has 104 valence electrons. The molecule has 0 aromatic heterocycles.